The Morgan fingerprint density at radius 3 is 2.59 bits per heavy atom. The molecule has 0 unspecified atom stereocenters. The van der Waals surface area contributed by atoms with Crippen molar-refractivity contribution in [3.05, 3.63) is 53.1 Å². The van der Waals surface area contributed by atoms with Gasteiger partial charge in [-0.2, -0.15) is 0 Å². The quantitative estimate of drug-likeness (QED) is 0.729. The lowest BCUT2D eigenvalue weighted by Gasteiger charge is -2.18. The van der Waals surface area contributed by atoms with Gasteiger partial charge < -0.3 is 14.8 Å². The summed E-state index contributed by atoms with van der Waals surface area (Å²) in [5.74, 6) is 0.626. The van der Waals surface area contributed by atoms with Crippen LogP contribution in [0.15, 0.2) is 47.4 Å². The molecule has 0 saturated heterocycles. The number of nitrogens with one attached hydrogen (secondary N) is 2. The number of hydrogen-bond acceptors (Lipinski definition) is 5. The van der Waals surface area contributed by atoms with E-state index < -0.39 is 10.0 Å². The summed E-state index contributed by atoms with van der Waals surface area (Å²) in [4.78, 5) is 12.0. The van der Waals surface area contributed by atoms with E-state index >= 15 is 0 Å². The molecule has 1 aliphatic rings. The second-order valence-corrected chi connectivity index (χ2v) is 8.00. The van der Waals surface area contributed by atoms with E-state index in [0.29, 0.717) is 29.7 Å². The molecular formula is C18H19ClN2O5S. The van der Waals surface area contributed by atoms with E-state index in [1.807, 2.05) is 12.1 Å². The largest absolute Gasteiger partial charge is 0.486 e. The number of amides is 1. The van der Waals surface area contributed by atoms with Crippen molar-refractivity contribution in [2.45, 2.75) is 17.9 Å². The second kappa shape index (κ2) is 8.60. The smallest absolute Gasteiger partial charge is 0.240 e. The maximum Gasteiger partial charge on any atom is 0.240 e. The molecule has 27 heavy (non-hydrogen) atoms. The third kappa shape index (κ3) is 5.12. The van der Waals surface area contributed by atoms with Crippen LogP contribution in [0.1, 0.15) is 12.0 Å². The zero-order valence-electron chi connectivity index (χ0n) is 14.4. The number of carbonyl (C=O) groups is 1. The molecule has 2 aromatic rings. The van der Waals surface area contributed by atoms with Gasteiger partial charge in [0.05, 0.1) is 4.90 Å². The number of benzene rings is 2. The van der Waals surface area contributed by atoms with Crippen molar-refractivity contribution in [1.29, 1.82) is 0 Å². The summed E-state index contributed by atoms with van der Waals surface area (Å²) >= 11 is 6.03. The molecule has 1 heterocycles. The van der Waals surface area contributed by atoms with Gasteiger partial charge in [0.15, 0.2) is 11.5 Å². The Bertz CT molecular complexity index is 933. The molecular weight excluding hydrogens is 392 g/mol. The normalized spacial score (nSPS) is 13.2. The zero-order valence-corrected chi connectivity index (χ0v) is 16.0. The van der Waals surface area contributed by atoms with Crippen molar-refractivity contribution in [3.63, 3.8) is 0 Å². The number of hydrogen-bond donors (Lipinski definition) is 2. The number of sulfonamides is 1. The Morgan fingerprint density at radius 2 is 1.81 bits per heavy atom. The van der Waals surface area contributed by atoms with Gasteiger partial charge in [-0.05, 0) is 23.8 Å². The first kappa shape index (κ1) is 19.5. The van der Waals surface area contributed by atoms with E-state index in [1.165, 1.54) is 12.1 Å². The van der Waals surface area contributed by atoms with Crippen molar-refractivity contribution >= 4 is 27.5 Å². The lowest BCUT2D eigenvalue weighted by Crippen LogP contribution is -2.30. The average molecular weight is 411 g/mol. The maximum absolute atomic E-state index is 12.4. The minimum Gasteiger partial charge on any atom is -0.486 e. The first-order chi connectivity index (χ1) is 13.0. The monoisotopic (exact) mass is 410 g/mol. The van der Waals surface area contributed by atoms with Gasteiger partial charge in [0, 0.05) is 30.6 Å². The number of rotatable bonds is 7. The summed E-state index contributed by atoms with van der Waals surface area (Å²) in [6.45, 7) is 1.06. The van der Waals surface area contributed by atoms with E-state index in [9.17, 15) is 13.2 Å². The zero-order chi connectivity index (χ0) is 19.3. The number of ether oxygens (including phenoxy) is 2. The van der Waals surface area contributed by atoms with Gasteiger partial charge in [0.1, 0.15) is 13.2 Å². The van der Waals surface area contributed by atoms with Crippen LogP contribution in [-0.4, -0.2) is 34.1 Å². The van der Waals surface area contributed by atoms with Gasteiger partial charge in [-0.1, -0.05) is 29.8 Å². The van der Waals surface area contributed by atoms with E-state index in [4.69, 9.17) is 21.1 Å². The van der Waals surface area contributed by atoms with Crippen LogP contribution in [0.3, 0.4) is 0 Å². The second-order valence-electron chi connectivity index (χ2n) is 5.82. The number of carbonyl (C=O) groups excluding carboxylic acids is 1. The molecule has 0 atom stereocenters. The first-order valence-electron chi connectivity index (χ1n) is 8.35. The van der Waals surface area contributed by atoms with E-state index in [0.717, 1.165) is 5.56 Å². The molecule has 1 aliphatic heterocycles. The Hall–Kier alpha value is -2.29. The summed E-state index contributed by atoms with van der Waals surface area (Å²) in [6.07, 6.45) is 0.00817. The molecule has 2 N–H and O–H groups in total. The molecule has 3 rings (SSSR count). The van der Waals surface area contributed by atoms with Crippen molar-refractivity contribution in [2.75, 3.05) is 19.8 Å². The SMILES string of the molecule is O=C(CCNS(=O)(=O)c1ccc2c(c1)OCCO2)NCc1ccccc1Cl. The predicted octanol–water partition coefficient (Wildman–Crippen LogP) is 2.10. The lowest BCUT2D eigenvalue weighted by atomic mass is 10.2. The van der Waals surface area contributed by atoms with Crippen LogP contribution in [0.4, 0.5) is 0 Å². The maximum atomic E-state index is 12.4. The fourth-order valence-corrected chi connectivity index (χ4v) is 3.75. The summed E-state index contributed by atoms with van der Waals surface area (Å²) < 4.78 is 37.9. The Morgan fingerprint density at radius 1 is 1.07 bits per heavy atom. The average Bonchev–Trinajstić information content (AvgIpc) is 2.67. The van der Waals surface area contributed by atoms with Crippen LogP contribution < -0.4 is 19.5 Å². The van der Waals surface area contributed by atoms with Crippen LogP contribution in [0.5, 0.6) is 11.5 Å². The van der Waals surface area contributed by atoms with Crippen molar-refractivity contribution in [2.24, 2.45) is 0 Å². The third-order valence-electron chi connectivity index (χ3n) is 3.90. The Kier molecular flexibility index (Phi) is 6.20. The minimum atomic E-state index is -3.75. The highest BCUT2D eigenvalue weighted by Crippen LogP contribution is 2.32. The van der Waals surface area contributed by atoms with Crippen molar-refractivity contribution in [1.82, 2.24) is 10.0 Å². The van der Waals surface area contributed by atoms with Gasteiger partial charge >= 0.3 is 0 Å². The topological polar surface area (TPSA) is 93.7 Å². The fraction of sp³-hybridized carbons (Fsp3) is 0.278. The van der Waals surface area contributed by atoms with Crippen LogP contribution in [0.25, 0.3) is 0 Å². The predicted molar refractivity (Wildman–Crippen MR) is 101 cm³/mol. The summed E-state index contributed by atoms with van der Waals surface area (Å²) in [5.41, 5.74) is 0.796. The molecule has 2 aromatic carbocycles. The molecule has 0 bridgehead atoms. The van der Waals surface area contributed by atoms with Crippen LogP contribution in [0, 0.1) is 0 Å². The minimum absolute atomic E-state index is 0.00817. The van der Waals surface area contributed by atoms with E-state index in [1.54, 1.807) is 18.2 Å². The highest BCUT2D eigenvalue weighted by Gasteiger charge is 2.19. The molecule has 0 aliphatic carbocycles. The van der Waals surface area contributed by atoms with Gasteiger partial charge in [-0.3, -0.25) is 4.79 Å². The summed E-state index contributed by atoms with van der Waals surface area (Å²) in [5, 5.41) is 3.28. The first-order valence-corrected chi connectivity index (χ1v) is 10.2. The fourth-order valence-electron chi connectivity index (χ4n) is 2.50. The standard InChI is InChI=1S/C18H19ClN2O5S/c19-15-4-2-1-3-13(15)12-20-18(22)7-8-21-27(23,24)14-5-6-16-17(11-14)26-10-9-25-16/h1-6,11,21H,7-10,12H2,(H,20,22). The molecule has 1 amide bonds. The highest BCUT2D eigenvalue weighted by molar-refractivity contribution is 7.89. The van der Waals surface area contributed by atoms with Gasteiger partial charge in [0.25, 0.3) is 0 Å². The molecule has 0 aromatic heterocycles. The molecule has 7 nitrogen and oxygen atoms in total. The van der Waals surface area contributed by atoms with Crippen LogP contribution in [0.2, 0.25) is 5.02 Å². The molecule has 9 heteroatoms. The molecule has 0 spiro atoms. The molecule has 0 fully saturated rings. The van der Waals surface area contributed by atoms with Crippen LogP contribution in [-0.2, 0) is 21.4 Å². The van der Waals surface area contributed by atoms with Crippen LogP contribution >= 0.6 is 11.6 Å². The van der Waals surface area contributed by atoms with E-state index in [-0.39, 0.29) is 30.3 Å². The molecule has 0 radical (unpaired) electrons. The van der Waals surface area contributed by atoms with Gasteiger partial charge in [-0.25, -0.2) is 13.1 Å². The van der Waals surface area contributed by atoms with Crippen molar-refractivity contribution < 1.29 is 22.7 Å². The molecule has 144 valence electrons. The summed E-state index contributed by atoms with van der Waals surface area (Å²) in [6, 6.07) is 11.6. The summed E-state index contributed by atoms with van der Waals surface area (Å²) in [7, 11) is -3.75. The Labute approximate surface area is 162 Å². The highest BCUT2D eigenvalue weighted by atomic mass is 35.5. The Balaban J connectivity index is 1.50. The number of fused-ring (bicyclic) bond motifs is 1. The lowest BCUT2D eigenvalue weighted by molar-refractivity contribution is -0.121. The van der Waals surface area contributed by atoms with Gasteiger partial charge in [0.2, 0.25) is 15.9 Å². The van der Waals surface area contributed by atoms with Crippen molar-refractivity contribution in [3.8, 4) is 11.5 Å². The third-order valence-corrected chi connectivity index (χ3v) is 5.73. The number of halogens is 1. The molecule has 0 saturated carbocycles. The van der Waals surface area contributed by atoms with Gasteiger partial charge in [-0.15, -0.1) is 0 Å². The van der Waals surface area contributed by atoms with E-state index in [2.05, 4.69) is 10.0 Å².